The molecule has 1 fully saturated rings. The summed E-state index contributed by atoms with van der Waals surface area (Å²) in [5, 5.41) is 0. The van der Waals surface area contributed by atoms with Gasteiger partial charge in [-0.2, -0.15) is 4.98 Å². The maximum absolute atomic E-state index is 14.6. The summed E-state index contributed by atoms with van der Waals surface area (Å²) in [6.07, 6.45) is 2.97. The SMILES string of the molecule is COc1c(N2CCN(C(=O)OC(C)(C)C)CC2)ccc2nc(-c3cc(F)c4nc(C)cn4c3)nc(=O)n12. The first kappa shape index (κ1) is 24.5. The molecule has 0 spiro atoms. The summed E-state index contributed by atoms with van der Waals surface area (Å²) in [4.78, 5) is 42.0. The number of amides is 1. The van der Waals surface area contributed by atoms with E-state index in [0.717, 1.165) is 0 Å². The zero-order valence-corrected chi connectivity index (χ0v) is 21.4. The molecule has 1 amide bonds. The monoisotopic (exact) mass is 509 g/mol. The third-order valence-electron chi connectivity index (χ3n) is 6.01. The van der Waals surface area contributed by atoms with E-state index in [1.807, 2.05) is 31.7 Å². The first-order valence-corrected chi connectivity index (χ1v) is 11.9. The molecule has 0 atom stereocenters. The predicted molar refractivity (Wildman–Crippen MR) is 135 cm³/mol. The fourth-order valence-corrected chi connectivity index (χ4v) is 4.39. The molecule has 1 aliphatic rings. The van der Waals surface area contributed by atoms with Crippen LogP contribution >= 0.6 is 0 Å². The van der Waals surface area contributed by atoms with Crippen molar-refractivity contribution in [3.05, 3.63) is 52.6 Å². The average molecular weight is 510 g/mol. The zero-order chi connectivity index (χ0) is 26.5. The van der Waals surface area contributed by atoms with Crippen molar-refractivity contribution < 1.29 is 18.7 Å². The van der Waals surface area contributed by atoms with Gasteiger partial charge in [-0.1, -0.05) is 0 Å². The van der Waals surface area contributed by atoms with Crippen LogP contribution in [0.4, 0.5) is 14.9 Å². The number of piperazine rings is 1. The van der Waals surface area contributed by atoms with E-state index in [-0.39, 0.29) is 23.4 Å². The number of rotatable bonds is 3. The predicted octanol–water partition coefficient (Wildman–Crippen LogP) is 2.92. The van der Waals surface area contributed by atoms with Gasteiger partial charge in [0.25, 0.3) is 0 Å². The number of fused-ring (bicyclic) bond motifs is 2. The van der Waals surface area contributed by atoms with Crippen LogP contribution in [0.5, 0.6) is 5.88 Å². The number of anilines is 1. The van der Waals surface area contributed by atoms with Gasteiger partial charge in [-0.25, -0.2) is 28.3 Å². The summed E-state index contributed by atoms with van der Waals surface area (Å²) in [5.41, 5.74) is 1.03. The number of methoxy groups -OCH3 is 1. The fourth-order valence-electron chi connectivity index (χ4n) is 4.39. The molecule has 4 aromatic rings. The van der Waals surface area contributed by atoms with Crippen molar-refractivity contribution in [2.24, 2.45) is 0 Å². The standard InChI is InChI=1S/C25H28FN7O4/c1-15-13-32-14-16(12-17(26)21(32)27-15)20-28-19-7-6-18(22(36-5)33(19)23(34)29-20)30-8-10-31(11-9-30)24(35)37-25(2,3)4/h6-7,12-14H,8-11H2,1-5H3. The van der Waals surface area contributed by atoms with E-state index in [0.29, 0.717) is 48.8 Å². The van der Waals surface area contributed by atoms with Crippen molar-refractivity contribution in [1.29, 1.82) is 0 Å². The average Bonchev–Trinajstić information content (AvgIpc) is 3.23. The highest BCUT2D eigenvalue weighted by molar-refractivity contribution is 5.69. The van der Waals surface area contributed by atoms with E-state index in [2.05, 4.69) is 15.0 Å². The number of imidazole rings is 1. The topological polar surface area (TPSA) is 107 Å². The molecule has 0 aromatic carbocycles. The summed E-state index contributed by atoms with van der Waals surface area (Å²) in [7, 11) is 1.47. The lowest BCUT2D eigenvalue weighted by molar-refractivity contribution is 0.0240. The molecule has 0 aliphatic carbocycles. The molecule has 0 N–H and O–H groups in total. The Hall–Kier alpha value is -4.22. The Morgan fingerprint density at radius 1 is 1.05 bits per heavy atom. The van der Waals surface area contributed by atoms with Crippen LogP contribution in [0.25, 0.3) is 22.7 Å². The maximum atomic E-state index is 14.6. The molecule has 11 nitrogen and oxygen atoms in total. The van der Waals surface area contributed by atoms with Crippen molar-refractivity contribution in [1.82, 2.24) is 28.7 Å². The van der Waals surface area contributed by atoms with E-state index < -0.39 is 17.1 Å². The van der Waals surface area contributed by atoms with E-state index in [1.165, 1.54) is 17.6 Å². The molecular formula is C25H28FN7O4. The summed E-state index contributed by atoms with van der Waals surface area (Å²) in [6, 6.07) is 4.78. The lowest BCUT2D eigenvalue weighted by atomic mass is 10.2. The number of aromatic nitrogens is 5. The Morgan fingerprint density at radius 2 is 1.78 bits per heavy atom. The minimum Gasteiger partial charge on any atom is -0.480 e. The van der Waals surface area contributed by atoms with Crippen molar-refractivity contribution in [3.8, 4) is 17.3 Å². The summed E-state index contributed by atoms with van der Waals surface area (Å²) in [6.45, 7) is 9.24. The largest absolute Gasteiger partial charge is 0.480 e. The molecule has 0 bridgehead atoms. The Bertz CT molecular complexity index is 1570. The molecule has 0 unspecified atom stereocenters. The highest BCUT2D eigenvalue weighted by atomic mass is 19.1. The lowest BCUT2D eigenvalue weighted by Gasteiger charge is -2.37. The molecule has 5 rings (SSSR count). The molecule has 1 aliphatic heterocycles. The molecule has 5 heterocycles. The third kappa shape index (κ3) is 4.66. The summed E-state index contributed by atoms with van der Waals surface area (Å²) < 4.78 is 28.5. The number of ether oxygens (including phenoxy) is 2. The first-order valence-electron chi connectivity index (χ1n) is 11.9. The van der Waals surface area contributed by atoms with Crippen LogP contribution in [0.15, 0.2) is 35.4 Å². The molecule has 12 heteroatoms. The molecule has 37 heavy (non-hydrogen) atoms. The van der Waals surface area contributed by atoms with Crippen molar-refractivity contribution >= 4 is 23.1 Å². The van der Waals surface area contributed by atoms with Gasteiger partial charge in [-0.05, 0) is 45.9 Å². The van der Waals surface area contributed by atoms with E-state index in [4.69, 9.17) is 9.47 Å². The normalized spacial score (nSPS) is 14.4. The van der Waals surface area contributed by atoms with Gasteiger partial charge in [0.15, 0.2) is 17.3 Å². The van der Waals surface area contributed by atoms with Crippen LogP contribution in [0.3, 0.4) is 0 Å². The molecular weight excluding hydrogens is 481 g/mol. The molecule has 0 radical (unpaired) electrons. The third-order valence-corrected chi connectivity index (χ3v) is 6.01. The Labute approximate surface area is 212 Å². The number of hydrogen-bond acceptors (Lipinski definition) is 8. The summed E-state index contributed by atoms with van der Waals surface area (Å²) >= 11 is 0. The van der Waals surface area contributed by atoms with Crippen LogP contribution in [-0.2, 0) is 4.74 Å². The maximum Gasteiger partial charge on any atom is 0.410 e. The van der Waals surface area contributed by atoms with Gasteiger partial charge < -0.3 is 23.7 Å². The van der Waals surface area contributed by atoms with Crippen LogP contribution in [-0.4, -0.2) is 73.6 Å². The number of carbonyl (C=O) groups is 1. The highest BCUT2D eigenvalue weighted by Crippen LogP contribution is 2.30. The van der Waals surface area contributed by atoms with E-state index in [1.54, 1.807) is 34.7 Å². The fraction of sp³-hybridized carbons (Fsp3) is 0.400. The number of nitrogens with zero attached hydrogens (tertiary/aromatic N) is 7. The number of carbonyl (C=O) groups excluding carboxylic acids is 1. The Balaban J connectivity index is 1.46. The van der Waals surface area contributed by atoms with Gasteiger partial charge in [0.2, 0.25) is 5.88 Å². The van der Waals surface area contributed by atoms with Crippen molar-refractivity contribution in [2.75, 3.05) is 38.2 Å². The van der Waals surface area contributed by atoms with Gasteiger partial charge in [0.1, 0.15) is 11.2 Å². The summed E-state index contributed by atoms with van der Waals surface area (Å²) in [5.74, 6) is -0.155. The second-order valence-electron chi connectivity index (χ2n) is 9.90. The van der Waals surface area contributed by atoms with Gasteiger partial charge >= 0.3 is 11.8 Å². The second kappa shape index (κ2) is 9.02. The van der Waals surface area contributed by atoms with Crippen LogP contribution < -0.4 is 15.3 Å². The Kier molecular flexibility index (Phi) is 5.97. The number of pyridine rings is 2. The van der Waals surface area contributed by atoms with Crippen LogP contribution in [0, 0.1) is 12.7 Å². The van der Waals surface area contributed by atoms with Crippen LogP contribution in [0.2, 0.25) is 0 Å². The molecule has 0 saturated carbocycles. The number of halogens is 1. The lowest BCUT2D eigenvalue weighted by Crippen LogP contribution is -2.50. The number of hydrogen-bond donors (Lipinski definition) is 0. The van der Waals surface area contributed by atoms with E-state index >= 15 is 0 Å². The van der Waals surface area contributed by atoms with Gasteiger partial charge in [0.05, 0.1) is 18.5 Å². The highest BCUT2D eigenvalue weighted by Gasteiger charge is 2.28. The smallest absolute Gasteiger partial charge is 0.410 e. The van der Waals surface area contributed by atoms with Gasteiger partial charge in [-0.15, -0.1) is 0 Å². The van der Waals surface area contributed by atoms with E-state index in [9.17, 15) is 14.0 Å². The first-order chi connectivity index (χ1) is 17.5. The second-order valence-corrected chi connectivity index (χ2v) is 9.90. The molecule has 194 valence electrons. The van der Waals surface area contributed by atoms with Crippen LogP contribution in [0.1, 0.15) is 26.5 Å². The van der Waals surface area contributed by atoms with Gasteiger partial charge in [-0.3, -0.25) is 0 Å². The van der Waals surface area contributed by atoms with Crippen molar-refractivity contribution in [3.63, 3.8) is 0 Å². The number of aryl methyl sites for hydroxylation is 1. The zero-order valence-electron chi connectivity index (χ0n) is 21.4. The quantitative estimate of drug-likeness (QED) is 0.415. The van der Waals surface area contributed by atoms with Crippen molar-refractivity contribution in [2.45, 2.75) is 33.3 Å². The van der Waals surface area contributed by atoms with Gasteiger partial charge in [0, 0.05) is 44.1 Å². The minimum absolute atomic E-state index is 0.0953. The Morgan fingerprint density at radius 3 is 2.46 bits per heavy atom. The molecule has 4 aromatic heterocycles. The molecule has 1 saturated heterocycles. The minimum atomic E-state index is -0.603.